The zero-order valence-electron chi connectivity index (χ0n) is 11.5. The highest BCUT2D eigenvalue weighted by Crippen LogP contribution is 2.31. The van der Waals surface area contributed by atoms with Crippen LogP contribution in [0.4, 0.5) is 0 Å². The molecule has 2 heterocycles. The van der Waals surface area contributed by atoms with Gasteiger partial charge in [-0.2, -0.15) is 0 Å². The van der Waals surface area contributed by atoms with Gasteiger partial charge < -0.3 is 10.1 Å². The van der Waals surface area contributed by atoms with E-state index in [1.54, 1.807) is 0 Å². The number of aromatic nitrogens is 1. The average Bonchev–Trinajstić information content (AvgIpc) is 2.98. The molecule has 3 rings (SSSR count). The summed E-state index contributed by atoms with van der Waals surface area (Å²) in [4.78, 5) is 4.05. The minimum absolute atomic E-state index is 0.238. The summed E-state index contributed by atoms with van der Waals surface area (Å²) in [5.74, 6) is 0. The highest BCUT2D eigenvalue weighted by Gasteiger charge is 2.25. The van der Waals surface area contributed by atoms with Crippen LogP contribution in [0.3, 0.4) is 0 Å². The Morgan fingerprint density at radius 2 is 1.85 bits per heavy atom. The Morgan fingerprint density at radius 3 is 2.65 bits per heavy atom. The van der Waals surface area contributed by atoms with E-state index in [0.717, 1.165) is 25.9 Å². The van der Waals surface area contributed by atoms with Crippen LogP contribution in [-0.4, -0.2) is 17.6 Å². The average molecular weight is 268 g/mol. The van der Waals surface area contributed by atoms with Gasteiger partial charge in [0.1, 0.15) is 0 Å². The molecule has 1 saturated heterocycles. The van der Waals surface area contributed by atoms with E-state index in [4.69, 9.17) is 4.74 Å². The molecule has 0 amide bonds. The van der Waals surface area contributed by atoms with Gasteiger partial charge in [-0.3, -0.25) is 4.98 Å². The van der Waals surface area contributed by atoms with E-state index in [-0.39, 0.29) is 6.10 Å². The van der Waals surface area contributed by atoms with Crippen LogP contribution in [0.5, 0.6) is 0 Å². The van der Waals surface area contributed by atoms with Gasteiger partial charge in [0.25, 0.3) is 0 Å². The molecule has 1 N–H and O–H groups in total. The molecule has 2 atom stereocenters. The van der Waals surface area contributed by atoms with E-state index in [1.807, 2.05) is 30.6 Å². The van der Waals surface area contributed by atoms with Gasteiger partial charge in [0, 0.05) is 25.5 Å². The first kappa shape index (κ1) is 13.3. The van der Waals surface area contributed by atoms with E-state index in [9.17, 15) is 0 Å². The Hall–Kier alpha value is -1.71. The molecule has 3 heteroatoms. The zero-order valence-corrected chi connectivity index (χ0v) is 11.5. The number of pyridine rings is 1. The second kappa shape index (κ2) is 6.64. The van der Waals surface area contributed by atoms with Crippen LogP contribution in [0.2, 0.25) is 0 Å². The molecule has 3 nitrogen and oxygen atoms in total. The number of hydrogen-bond acceptors (Lipinski definition) is 3. The molecule has 0 saturated carbocycles. The fourth-order valence-corrected chi connectivity index (χ4v) is 2.65. The van der Waals surface area contributed by atoms with Crippen LogP contribution in [0.1, 0.15) is 30.1 Å². The molecule has 20 heavy (non-hydrogen) atoms. The molecule has 0 radical (unpaired) electrons. The minimum atomic E-state index is 0.238. The quantitative estimate of drug-likeness (QED) is 0.905. The van der Waals surface area contributed by atoms with Gasteiger partial charge in [-0.1, -0.05) is 30.3 Å². The standard InChI is InChI=1S/C17H20N2O/c1-2-4-14(5-3-1)12-19-13-16-6-7-17(20-16)15-8-10-18-11-9-15/h1-5,8-11,16-17,19H,6-7,12-13H2. The Bertz CT molecular complexity index is 515. The fourth-order valence-electron chi connectivity index (χ4n) is 2.65. The third-order valence-electron chi connectivity index (χ3n) is 3.73. The smallest absolute Gasteiger partial charge is 0.0831 e. The summed E-state index contributed by atoms with van der Waals surface area (Å²) in [5.41, 5.74) is 2.56. The van der Waals surface area contributed by atoms with Crippen molar-refractivity contribution in [2.24, 2.45) is 0 Å². The number of ether oxygens (including phenoxy) is 1. The van der Waals surface area contributed by atoms with E-state index in [1.165, 1.54) is 11.1 Å². The van der Waals surface area contributed by atoms with Crippen LogP contribution >= 0.6 is 0 Å². The maximum absolute atomic E-state index is 6.10. The molecule has 104 valence electrons. The first-order valence-electron chi connectivity index (χ1n) is 7.22. The third-order valence-corrected chi connectivity index (χ3v) is 3.73. The molecule has 2 unspecified atom stereocenters. The molecule has 1 aliphatic heterocycles. The Kier molecular flexibility index (Phi) is 4.41. The van der Waals surface area contributed by atoms with Crippen LogP contribution < -0.4 is 5.32 Å². The van der Waals surface area contributed by atoms with Crippen LogP contribution in [0.15, 0.2) is 54.9 Å². The van der Waals surface area contributed by atoms with Gasteiger partial charge in [-0.15, -0.1) is 0 Å². The number of rotatable bonds is 5. The van der Waals surface area contributed by atoms with Crippen LogP contribution in [0.25, 0.3) is 0 Å². The van der Waals surface area contributed by atoms with Crippen molar-refractivity contribution in [1.29, 1.82) is 0 Å². The second-order valence-electron chi connectivity index (χ2n) is 5.22. The van der Waals surface area contributed by atoms with Gasteiger partial charge in [0.15, 0.2) is 0 Å². The lowest BCUT2D eigenvalue weighted by Gasteiger charge is -2.14. The zero-order chi connectivity index (χ0) is 13.6. The van der Waals surface area contributed by atoms with E-state index < -0.39 is 0 Å². The van der Waals surface area contributed by atoms with Crippen molar-refractivity contribution in [2.45, 2.75) is 31.6 Å². The molecule has 0 bridgehead atoms. The van der Waals surface area contributed by atoms with Crippen molar-refractivity contribution in [1.82, 2.24) is 10.3 Å². The number of nitrogens with one attached hydrogen (secondary N) is 1. The highest BCUT2D eigenvalue weighted by atomic mass is 16.5. The fraction of sp³-hybridized carbons (Fsp3) is 0.353. The lowest BCUT2D eigenvalue weighted by molar-refractivity contribution is 0.0447. The Labute approximate surface area is 120 Å². The van der Waals surface area contributed by atoms with E-state index in [0.29, 0.717) is 6.10 Å². The Morgan fingerprint density at radius 1 is 1.05 bits per heavy atom. The summed E-state index contributed by atoms with van der Waals surface area (Å²) >= 11 is 0. The molecular weight excluding hydrogens is 248 g/mol. The molecule has 2 aromatic rings. The van der Waals surface area contributed by atoms with Crippen molar-refractivity contribution in [2.75, 3.05) is 6.54 Å². The SMILES string of the molecule is c1ccc(CNCC2CCC(c3ccncc3)O2)cc1. The molecule has 1 fully saturated rings. The Balaban J connectivity index is 1.44. The summed E-state index contributed by atoms with van der Waals surface area (Å²) in [6.07, 6.45) is 6.44. The van der Waals surface area contributed by atoms with Gasteiger partial charge in [0.2, 0.25) is 0 Å². The molecule has 1 aromatic heterocycles. The van der Waals surface area contributed by atoms with Gasteiger partial charge >= 0.3 is 0 Å². The van der Waals surface area contributed by atoms with Gasteiger partial charge in [-0.05, 0) is 36.1 Å². The van der Waals surface area contributed by atoms with Crippen molar-refractivity contribution < 1.29 is 4.74 Å². The summed E-state index contributed by atoms with van der Waals surface area (Å²) < 4.78 is 6.10. The van der Waals surface area contributed by atoms with Gasteiger partial charge in [-0.25, -0.2) is 0 Å². The van der Waals surface area contributed by atoms with Crippen LogP contribution in [0, 0.1) is 0 Å². The van der Waals surface area contributed by atoms with E-state index >= 15 is 0 Å². The second-order valence-corrected chi connectivity index (χ2v) is 5.22. The summed E-state index contributed by atoms with van der Waals surface area (Å²) in [5, 5.41) is 3.48. The lowest BCUT2D eigenvalue weighted by Crippen LogP contribution is -2.26. The molecular formula is C17H20N2O. The topological polar surface area (TPSA) is 34.2 Å². The molecule has 1 aromatic carbocycles. The minimum Gasteiger partial charge on any atom is -0.369 e. The van der Waals surface area contributed by atoms with Gasteiger partial charge in [0.05, 0.1) is 12.2 Å². The van der Waals surface area contributed by atoms with Crippen LogP contribution in [-0.2, 0) is 11.3 Å². The van der Waals surface area contributed by atoms with Crippen molar-refractivity contribution >= 4 is 0 Å². The monoisotopic (exact) mass is 268 g/mol. The summed E-state index contributed by atoms with van der Waals surface area (Å²) in [6, 6.07) is 14.6. The molecule has 0 aliphatic carbocycles. The maximum Gasteiger partial charge on any atom is 0.0831 e. The van der Waals surface area contributed by atoms with Crippen molar-refractivity contribution in [3.63, 3.8) is 0 Å². The summed E-state index contributed by atoms with van der Waals surface area (Å²) in [6.45, 7) is 1.82. The normalized spacial score (nSPS) is 22.0. The first-order chi connectivity index (χ1) is 9.92. The van der Waals surface area contributed by atoms with E-state index in [2.05, 4.69) is 34.6 Å². The number of hydrogen-bond donors (Lipinski definition) is 1. The first-order valence-corrected chi connectivity index (χ1v) is 7.22. The predicted octanol–water partition coefficient (Wildman–Crippen LogP) is 3.09. The third kappa shape index (κ3) is 3.44. The summed E-state index contributed by atoms with van der Waals surface area (Å²) in [7, 11) is 0. The maximum atomic E-state index is 6.10. The molecule has 1 aliphatic rings. The largest absolute Gasteiger partial charge is 0.369 e. The molecule has 0 spiro atoms. The lowest BCUT2D eigenvalue weighted by atomic mass is 10.1. The predicted molar refractivity (Wildman–Crippen MR) is 79.2 cm³/mol. The number of nitrogens with zero attached hydrogens (tertiary/aromatic N) is 1. The van der Waals surface area contributed by atoms with Crippen molar-refractivity contribution in [3.05, 3.63) is 66.0 Å². The highest BCUT2D eigenvalue weighted by molar-refractivity contribution is 5.15. The number of benzene rings is 1. The van der Waals surface area contributed by atoms with Crippen molar-refractivity contribution in [3.8, 4) is 0 Å².